The number of alkyl halides is 3. The van der Waals surface area contributed by atoms with Crippen molar-refractivity contribution in [3.63, 3.8) is 0 Å². The first kappa shape index (κ1) is 16.5. The number of benzene rings is 1. The summed E-state index contributed by atoms with van der Waals surface area (Å²) in [4.78, 5) is 0. The first-order valence-electron chi connectivity index (χ1n) is 7.13. The molecule has 2 unspecified atom stereocenters. The van der Waals surface area contributed by atoms with Gasteiger partial charge in [-0.05, 0) is 0 Å². The van der Waals surface area contributed by atoms with Gasteiger partial charge in [0.15, 0.2) is 0 Å². The van der Waals surface area contributed by atoms with Gasteiger partial charge in [-0.25, -0.2) is 0 Å². The average Bonchev–Trinajstić information content (AvgIpc) is 2.75. The Balaban J connectivity index is 1.92. The third kappa shape index (κ3) is 2.29. The molecule has 2 saturated heterocycles. The predicted octanol–water partition coefficient (Wildman–Crippen LogP) is 5.33. The van der Waals surface area contributed by atoms with E-state index in [1.165, 1.54) is 0 Å². The van der Waals surface area contributed by atoms with Crippen molar-refractivity contribution in [1.82, 2.24) is 0 Å². The van der Waals surface area contributed by atoms with E-state index in [-0.39, 0.29) is 0 Å². The van der Waals surface area contributed by atoms with E-state index < -0.39 is 28.5 Å². The molecule has 23 heavy (non-hydrogen) atoms. The molecule has 2 fully saturated rings. The Hall–Kier alpha value is -0.000000000000000208. The molecule has 0 N–H and O–H groups in total. The molecule has 0 aromatic heterocycles. The minimum absolute atomic E-state index is 0.443. The summed E-state index contributed by atoms with van der Waals surface area (Å²) in [6.07, 6.45) is 0.443. The van der Waals surface area contributed by atoms with E-state index in [2.05, 4.69) is 0 Å². The first-order valence-corrected chi connectivity index (χ1v) is 10.2. The Labute approximate surface area is 149 Å². The van der Waals surface area contributed by atoms with Crippen molar-refractivity contribution < 1.29 is 22.8 Å². The number of hydrogen-bond donors (Lipinski definition) is 0. The molecule has 1 aromatic rings. The fourth-order valence-electron chi connectivity index (χ4n) is 3.58. The normalized spacial score (nSPS) is 37.3. The van der Waals surface area contributed by atoms with Crippen LogP contribution in [0.4, 0.5) is 0 Å². The number of para-hydroxylation sites is 2. The molecule has 1 spiro atoms. The molecule has 1 aromatic carbocycles. The van der Waals surface area contributed by atoms with Crippen LogP contribution in [0.3, 0.4) is 0 Å². The van der Waals surface area contributed by atoms with Crippen LogP contribution in [0.25, 0.3) is 0 Å². The number of ether oxygens (including phenoxy) is 1. The predicted molar refractivity (Wildman–Crippen MR) is 89.1 cm³/mol. The van der Waals surface area contributed by atoms with Crippen molar-refractivity contribution in [3.05, 3.63) is 24.3 Å². The van der Waals surface area contributed by atoms with E-state index in [9.17, 15) is 0 Å². The van der Waals surface area contributed by atoms with Crippen LogP contribution in [0, 0.1) is 0 Å². The number of hydrogen-bond acceptors (Lipinski definition) is 5. The molecule has 3 aliphatic rings. The molecule has 0 radical (unpaired) electrons. The van der Waals surface area contributed by atoms with Crippen molar-refractivity contribution in [2.45, 2.75) is 48.2 Å². The van der Waals surface area contributed by atoms with Crippen molar-refractivity contribution in [2.24, 2.45) is 0 Å². The van der Waals surface area contributed by atoms with Crippen molar-refractivity contribution >= 4 is 42.3 Å². The molecule has 3 aliphatic heterocycles. The van der Waals surface area contributed by atoms with Crippen LogP contribution in [0.2, 0.25) is 0 Å². The molecule has 4 rings (SSSR count). The number of rotatable bonds is 0. The van der Waals surface area contributed by atoms with E-state index in [0.29, 0.717) is 17.9 Å². The topological polar surface area (TPSA) is 46.2 Å². The van der Waals surface area contributed by atoms with Gasteiger partial charge in [-0.2, -0.15) is 0 Å². The van der Waals surface area contributed by atoms with E-state index >= 15 is 0 Å². The summed E-state index contributed by atoms with van der Waals surface area (Å²) in [5.74, 6) is -1.20. The fourth-order valence-corrected chi connectivity index (χ4v) is 9.40. The van der Waals surface area contributed by atoms with Gasteiger partial charge in [0.1, 0.15) is 0 Å². The Kier molecular flexibility index (Phi) is 3.14. The maximum atomic E-state index is 6.27. The summed E-state index contributed by atoms with van der Waals surface area (Å²) in [5.41, 5.74) is -0.641. The average molecular weight is 402 g/mol. The first-order chi connectivity index (χ1) is 10.5. The molecule has 2 atom stereocenters. The zero-order valence-corrected chi connectivity index (χ0v) is 15.9. The van der Waals surface area contributed by atoms with Crippen LogP contribution in [-0.2, 0) is 13.8 Å². The van der Waals surface area contributed by atoms with Gasteiger partial charge in [-0.1, -0.05) is 0 Å². The van der Waals surface area contributed by atoms with E-state index in [4.69, 9.17) is 57.6 Å². The summed E-state index contributed by atoms with van der Waals surface area (Å²) in [5, 5.41) is 0. The minimum atomic E-state index is -4.37. The second-order valence-electron chi connectivity index (χ2n) is 6.76. The Morgan fingerprint density at radius 1 is 1.04 bits per heavy atom. The monoisotopic (exact) mass is 400 g/mol. The van der Waals surface area contributed by atoms with Crippen LogP contribution >= 0.6 is 42.3 Å². The number of fused-ring (bicyclic) bond motifs is 2. The second kappa shape index (κ2) is 4.39. The van der Waals surface area contributed by atoms with Gasteiger partial charge in [-0.15, -0.1) is 0 Å². The van der Waals surface area contributed by atoms with Crippen LogP contribution < -0.4 is 9.05 Å². The molecule has 2 bridgehead atoms. The van der Waals surface area contributed by atoms with Gasteiger partial charge < -0.3 is 0 Å². The van der Waals surface area contributed by atoms with Gasteiger partial charge in [-0.3, -0.25) is 0 Å². The van der Waals surface area contributed by atoms with E-state index in [0.717, 1.165) is 0 Å². The third-order valence-corrected chi connectivity index (χ3v) is 8.81. The maximum absolute atomic E-state index is 6.27. The van der Waals surface area contributed by atoms with Crippen LogP contribution in [0.15, 0.2) is 24.3 Å². The molecule has 0 amide bonds. The van der Waals surface area contributed by atoms with Crippen molar-refractivity contribution in [1.29, 1.82) is 0 Å². The van der Waals surface area contributed by atoms with Crippen LogP contribution in [-0.4, -0.2) is 21.0 Å². The van der Waals surface area contributed by atoms with E-state index in [1.54, 1.807) is 19.1 Å². The molecular weight excluding hydrogens is 385 g/mol. The molecule has 0 aliphatic carbocycles. The SMILES string of the molecule is CC1(C)CC2(C)OC(C(Cl)(Cl)Cl)P3(Oc4ccccc4O3)(O1)O2. The Morgan fingerprint density at radius 3 is 2.13 bits per heavy atom. The van der Waals surface area contributed by atoms with Gasteiger partial charge in [0.2, 0.25) is 0 Å². The molecule has 3 heterocycles. The quantitative estimate of drug-likeness (QED) is 0.434. The Bertz CT molecular complexity index is 666. The molecule has 5 nitrogen and oxygen atoms in total. The summed E-state index contributed by atoms with van der Waals surface area (Å²) < 4.78 is 28.9. The zero-order valence-electron chi connectivity index (χ0n) is 12.7. The van der Waals surface area contributed by atoms with Gasteiger partial charge in [0.25, 0.3) is 0 Å². The molecule has 9 heteroatoms. The number of halogens is 3. The van der Waals surface area contributed by atoms with Gasteiger partial charge >= 0.3 is 149 Å². The third-order valence-electron chi connectivity index (χ3n) is 3.91. The van der Waals surface area contributed by atoms with Crippen LogP contribution in [0.1, 0.15) is 27.2 Å². The summed E-state index contributed by atoms with van der Waals surface area (Å²) in [7, 11) is -4.37. The zero-order chi connectivity index (χ0) is 16.8. The molecule has 128 valence electrons. The van der Waals surface area contributed by atoms with Crippen LogP contribution in [0.5, 0.6) is 11.5 Å². The van der Waals surface area contributed by atoms with Gasteiger partial charge in [0, 0.05) is 0 Å². The van der Waals surface area contributed by atoms with E-state index in [1.807, 2.05) is 26.0 Å². The Morgan fingerprint density at radius 2 is 1.61 bits per heavy atom. The molecular formula is C14H16Cl3O5P. The second-order valence-corrected chi connectivity index (χ2v) is 12.1. The van der Waals surface area contributed by atoms with Gasteiger partial charge in [0.05, 0.1) is 0 Å². The summed E-state index contributed by atoms with van der Waals surface area (Å²) in [6.45, 7) is 5.59. The summed E-state index contributed by atoms with van der Waals surface area (Å²) >= 11 is 18.6. The van der Waals surface area contributed by atoms with Crippen molar-refractivity contribution in [3.8, 4) is 11.5 Å². The molecule has 0 saturated carbocycles. The van der Waals surface area contributed by atoms with Crippen molar-refractivity contribution in [2.75, 3.05) is 0 Å². The fraction of sp³-hybridized carbons (Fsp3) is 0.571. The standard InChI is InChI=1S/C14H16Cl3O5P/c1-12(2)8-13(3)18-11(14(15,16)17)23(21-12,22-13)19-9-6-4-5-7-10(9)20-23/h4-7,11H,8H2,1-3H3. The summed E-state index contributed by atoms with van der Waals surface area (Å²) in [6, 6.07) is 7.14.